The van der Waals surface area contributed by atoms with Crippen LogP contribution in [0, 0.1) is 0 Å². The van der Waals surface area contributed by atoms with E-state index in [-0.39, 0.29) is 6.10 Å². The summed E-state index contributed by atoms with van der Waals surface area (Å²) in [7, 11) is -0.418. The Morgan fingerprint density at radius 2 is 2.45 bits per heavy atom. The molecule has 0 spiro atoms. The SMILES string of the molecule is CCCOB1OCCC(C)O1. The lowest BCUT2D eigenvalue weighted by atomic mass is 10.1. The first kappa shape index (κ1) is 9.04. The first-order valence-electron chi connectivity index (χ1n) is 4.21. The van der Waals surface area contributed by atoms with Crippen molar-refractivity contribution in [2.24, 2.45) is 0 Å². The van der Waals surface area contributed by atoms with Crippen molar-refractivity contribution in [3.05, 3.63) is 0 Å². The highest BCUT2D eigenvalue weighted by atomic mass is 16.7. The number of hydrogen-bond donors (Lipinski definition) is 0. The molecular formula is C7H15BO3. The van der Waals surface area contributed by atoms with Crippen LogP contribution in [0.4, 0.5) is 0 Å². The molecule has 4 heteroatoms. The highest BCUT2D eigenvalue weighted by molar-refractivity contribution is 6.36. The molecule has 1 saturated heterocycles. The third kappa shape index (κ3) is 3.23. The number of rotatable bonds is 3. The lowest BCUT2D eigenvalue weighted by molar-refractivity contribution is 0.0150. The van der Waals surface area contributed by atoms with Gasteiger partial charge in [0, 0.05) is 19.3 Å². The summed E-state index contributed by atoms with van der Waals surface area (Å²) in [6, 6.07) is 0. The predicted octanol–water partition coefficient (Wildman–Crippen LogP) is 1.22. The Bertz CT molecular complexity index is 110. The van der Waals surface area contributed by atoms with Crippen LogP contribution in [0.3, 0.4) is 0 Å². The van der Waals surface area contributed by atoms with E-state index in [0.717, 1.165) is 19.4 Å². The molecule has 0 aromatic rings. The fourth-order valence-electron chi connectivity index (χ4n) is 0.929. The largest absolute Gasteiger partial charge is 0.639 e. The van der Waals surface area contributed by atoms with Crippen molar-refractivity contribution in [3.63, 3.8) is 0 Å². The Hall–Kier alpha value is -0.0551. The molecule has 0 N–H and O–H groups in total. The second-order valence-corrected chi connectivity index (χ2v) is 2.77. The molecule has 0 saturated carbocycles. The Labute approximate surface area is 68.2 Å². The van der Waals surface area contributed by atoms with Crippen molar-refractivity contribution in [1.82, 2.24) is 0 Å². The van der Waals surface area contributed by atoms with E-state index >= 15 is 0 Å². The lowest BCUT2D eigenvalue weighted by Crippen LogP contribution is -2.37. The lowest BCUT2D eigenvalue weighted by Gasteiger charge is -2.24. The smallest absolute Gasteiger partial charge is 0.386 e. The molecule has 1 fully saturated rings. The number of hydrogen-bond acceptors (Lipinski definition) is 3. The molecule has 0 aromatic heterocycles. The molecule has 3 nitrogen and oxygen atoms in total. The molecule has 0 amide bonds. The van der Waals surface area contributed by atoms with E-state index in [0.29, 0.717) is 6.61 Å². The summed E-state index contributed by atoms with van der Waals surface area (Å²) in [5, 5.41) is 0. The van der Waals surface area contributed by atoms with E-state index in [9.17, 15) is 0 Å². The standard InChI is InChI=1S/C7H15BO3/c1-3-5-9-8-10-6-4-7(2)11-8/h7H,3-6H2,1-2H3. The van der Waals surface area contributed by atoms with Gasteiger partial charge < -0.3 is 14.0 Å². The average Bonchev–Trinajstić information content (AvgIpc) is 2.01. The Morgan fingerprint density at radius 3 is 3.09 bits per heavy atom. The molecule has 1 atom stereocenters. The van der Waals surface area contributed by atoms with Crippen molar-refractivity contribution in [2.45, 2.75) is 32.8 Å². The van der Waals surface area contributed by atoms with Crippen LogP contribution in [0.1, 0.15) is 26.7 Å². The van der Waals surface area contributed by atoms with Crippen LogP contribution in [-0.2, 0) is 14.0 Å². The van der Waals surface area contributed by atoms with Gasteiger partial charge in [-0.3, -0.25) is 0 Å². The van der Waals surface area contributed by atoms with Gasteiger partial charge in [0.2, 0.25) is 0 Å². The molecule has 1 aliphatic rings. The highest BCUT2D eigenvalue weighted by Gasteiger charge is 2.27. The van der Waals surface area contributed by atoms with Gasteiger partial charge in [0.25, 0.3) is 0 Å². The maximum atomic E-state index is 5.34. The molecule has 1 heterocycles. The molecule has 1 rings (SSSR count). The first-order valence-corrected chi connectivity index (χ1v) is 4.21. The van der Waals surface area contributed by atoms with Crippen LogP contribution >= 0.6 is 0 Å². The molecule has 64 valence electrons. The Balaban J connectivity index is 2.12. The van der Waals surface area contributed by atoms with Gasteiger partial charge in [-0.15, -0.1) is 0 Å². The van der Waals surface area contributed by atoms with E-state index in [4.69, 9.17) is 14.0 Å². The van der Waals surface area contributed by atoms with Gasteiger partial charge >= 0.3 is 7.32 Å². The van der Waals surface area contributed by atoms with E-state index in [1.165, 1.54) is 0 Å². The van der Waals surface area contributed by atoms with E-state index in [1.54, 1.807) is 0 Å². The van der Waals surface area contributed by atoms with Crippen molar-refractivity contribution in [2.75, 3.05) is 13.2 Å². The van der Waals surface area contributed by atoms with E-state index in [2.05, 4.69) is 6.92 Å². The van der Waals surface area contributed by atoms with Gasteiger partial charge in [-0.25, -0.2) is 0 Å². The summed E-state index contributed by atoms with van der Waals surface area (Å²) in [5.41, 5.74) is 0. The van der Waals surface area contributed by atoms with Crippen LogP contribution in [0.2, 0.25) is 0 Å². The fraction of sp³-hybridized carbons (Fsp3) is 1.00. The van der Waals surface area contributed by atoms with Crippen LogP contribution < -0.4 is 0 Å². The van der Waals surface area contributed by atoms with Crippen LogP contribution in [0.15, 0.2) is 0 Å². The minimum absolute atomic E-state index is 0.269. The Kier molecular flexibility index (Phi) is 3.90. The van der Waals surface area contributed by atoms with Crippen molar-refractivity contribution >= 4 is 7.32 Å². The zero-order valence-electron chi connectivity index (χ0n) is 7.21. The Morgan fingerprint density at radius 1 is 1.64 bits per heavy atom. The average molecular weight is 158 g/mol. The molecule has 0 bridgehead atoms. The van der Waals surface area contributed by atoms with E-state index in [1.807, 2.05) is 6.92 Å². The van der Waals surface area contributed by atoms with Crippen molar-refractivity contribution < 1.29 is 14.0 Å². The second-order valence-electron chi connectivity index (χ2n) is 2.77. The highest BCUT2D eigenvalue weighted by Crippen LogP contribution is 2.09. The maximum absolute atomic E-state index is 5.34. The first-order chi connectivity index (χ1) is 5.33. The van der Waals surface area contributed by atoms with Gasteiger partial charge in [-0.1, -0.05) is 6.92 Å². The van der Waals surface area contributed by atoms with Gasteiger partial charge in [0.1, 0.15) is 0 Å². The minimum Gasteiger partial charge on any atom is -0.386 e. The summed E-state index contributed by atoms with van der Waals surface area (Å²) < 4.78 is 15.8. The molecule has 0 aromatic carbocycles. The van der Waals surface area contributed by atoms with Crippen molar-refractivity contribution in [3.8, 4) is 0 Å². The second kappa shape index (κ2) is 4.75. The summed E-state index contributed by atoms with van der Waals surface area (Å²) in [5.74, 6) is 0. The molecular weight excluding hydrogens is 143 g/mol. The summed E-state index contributed by atoms with van der Waals surface area (Å²) in [6.45, 7) is 5.55. The quantitative estimate of drug-likeness (QED) is 0.578. The summed E-state index contributed by atoms with van der Waals surface area (Å²) in [4.78, 5) is 0. The fourth-order valence-corrected chi connectivity index (χ4v) is 0.929. The third-order valence-electron chi connectivity index (χ3n) is 1.58. The zero-order chi connectivity index (χ0) is 8.10. The van der Waals surface area contributed by atoms with E-state index < -0.39 is 7.32 Å². The normalized spacial score (nSPS) is 25.6. The van der Waals surface area contributed by atoms with Gasteiger partial charge in [-0.05, 0) is 19.8 Å². The van der Waals surface area contributed by atoms with Gasteiger partial charge in [-0.2, -0.15) is 0 Å². The molecule has 0 aliphatic carbocycles. The van der Waals surface area contributed by atoms with Crippen molar-refractivity contribution in [1.29, 1.82) is 0 Å². The van der Waals surface area contributed by atoms with Gasteiger partial charge in [0.15, 0.2) is 0 Å². The minimum atomic E-state index is -0.418. The predicted molar refractivity (Wildman–Crippen MR) is 43.1 cm³/mol. The zero-order valence-corrected chi connectivity index (χ0v) is 7.21. The van der Waals surface area contributed by atoms with Crippen LogP contribution in [0.25, 0.3) is 0 Å². The molecule has 11 heavy (non-hydrogen) atoms. The summed E-state index contributed by atoms with van der Waals surface area (Å²) >= 11 is 0. The summed E-state index contributed by atoms with van der Waals surface area (Å²) in [6.07, 6.45) is 2.23. The topological polar surface area (TPSA) is 27.7 Å². The monoisotopic (exact) mass is 158 g/mol. The molecule has 1 unspecified atom stereocenters. The van der Waals surface area contributed by atoms with Gasteiger partial charge in [0.05, 0.1) is 0 Å². The molecule has 0 radical (unpaired) electrons. The van der Waals surface area contributed by atoms with Crippen LogP contribution in [0.5, 0.6) is 0 Å². The third-order valence-corrected chi connectivity index (χ3v) is 1.58. The van der Waals surface area contributed by atoms with Crippen LogP contribution in [-0.4, -0.2) is 26.6 Å². The molecule has 1 aliphatic heterocycles. The maximum Gasteiger partial charge on any atom is 0.639 e.